The molecule has 0 heterocycles. The van der Waals surface area contributed by atoms with E-state index in [9.17, 15) is 33.1 Å². The summed E-state index contributed by atoms with van der Waals surface area (Å²) in [7, 11) is 0. The molecule has 0 aromatic heterocycles. The van der Waals surface area contributed by atoms with Crippen LogP contribution >= 0.6 is 0 Å². The molecule has 1 amide bonds. The van der Waals surface area contributed by atoms with Crippen molar-refractivity contribution < 1.29 is 37.8 Å². The van der Waals surface area contributed by atoms with Crippen LogP contribution in [-0.2, 0) is 22.4 Å². The number of hydrogen-bond donors (Lipinski definition) is 3. The molecule has 7 nitrogen and oxygen atoms in total. The minimum absolute atomic E-state index is 0.0813. The van der Waals surface area contributed by atoms with Gasteiger partial charge in [0.2, 0.25) is 6.41 Å². The monoisotopic (exact) mass is 672 g/mol. The molecule has 48 heavy (non-hydrogen) atoms. The number of aldehydes is 1. The number of hydroxylamine groups is 2. The van der Waals surface area contributed by atoms with Crippen LogP contribution in [0.1, 0.15) is 95.2 Å². The fourth-order valence-corrected chi connectivity index (χ4v) is 6.41. The summed E-state index contributed by atoms with van der Waals surface area (Å²) < 4.78 is 47.5. The van der Waals surface area contributed by atoms with Crippen molar-refractivity contribution in [1.82, 2.24) is 10.4 Å². The Morgan fingerprint density at radius 3 is 2.38 bits per heavy atom. The lowest BCUT2D eigenvalue weighted by atomic mass is 9.77. The number of ether oxygens (including phenoxy) is 1. The molecule has 2 aliphatic rings. The highest BCUT2D eigenvalue weighted by atomic mass is 19.4. The zero-order valence-electron chi connectivity index (χ0n) is 28.5. The van der Waals surface area contributed by atoms with Gasteiger partial charge in [0.25, 0.3) is 0 Å². The molecule has 10 heteroatoms. The van der Waals surface area contributed by atoms with Crippen LogP contribution < -0.4 is 10.1 Å². The number of phenolic OH excluding ortho intramolecular Hbond substituents is 1. The molecule has 0 radical (unpaired) electrons. The van der Waals surface area contributed by atoms with Gasteiger partial charge < -0.3 is 20.4 Å². The van der Waals surface area contributed by atoms with Crippen LogP contribution in [0.4, 0.5) is 13.2 Å². The Balaban J connectivity index is 1.64. The van der Waals surface area contributed by atoms with Gasteiger partial charge in [-0.05, 0) is 79.7 Å². The molecule has 0 aliphatic heterocycles. The molecule has 2 atom stereocenters. The zero-order valence-corrected chi connectivity index (χ0v) is 28.5. The lowest BCUT2D eigenvalue weighted by molar-refractivity contribution is -0.116. The first-order valence-electron chi connectivity index (χ1n) is 17.2. The van der Waals surface area contributed by atoms with Crippen LogP contribution in [0.5, 0.6) is 11.5 Å². The number of carbonyl (C=O) groups excluding carboxylic acids is 2. The normalized spacial score (nSPS) is 17.9. The van der Waals surface area contributed by atoms with E-state index in [2.05, 4.69) is 36.5 Å². The standard InChI is InChI=1S/C38H51F3N2O5/c1-4-13-29-25-33(34(21-23-44)38(39,40)41)35(46)32(14-5-2)36(29)48-24-12-7-6-11-22-43(47)26-37(42-27-45,30-15-9-8-10-16-30)31-19-17-28(3)18-20-31/h9,15-17,19-21,23,25,27-28,46-47H,4-8,10-14,18,22,24,26H2,1-3H3,(H,42,45)/b34-21+. The molecule has 0 bridgehead atoms. The van der Waals surface area contributed by atoms with Crippen molar-refractivity contribution in [2.75, 3.05) is 19.7 Å². The van der Waals surface area contributed by atoms with Crippen LogP contribution in [0.2, 0.25) is 0 Å². The molecule has 1 aromatic carbocycles. The number of nitrogens with zero attached hydrogens (tertiary/aromatic N) is 1. The number of unbranched alkanes of at least 4 members (excludes halogenated alkanes) is 3. The maximum atomic E-state index is 13.8. The summed E-state index contributed by atoms with van der Waals surface area (Å²) in [6.07, 6.45) is 16.6. The average Bonchev–Trinajstić information content (AvgIpc) is 3.05. The molecule has 0 saturated carbocycles. The van der Waals surface area contributed by atoms with Gasteiger partial charge in [0.1, 0.15) is 23.3 Å². The van der Waals surface area contributed by atoms with Crippen molar-refractivity contribution in [3.63, 3.8) is 0 Å². The predicted molar refractivity (Wildman–Crippen MR) is 183 cm³/mol. The number of allylic oxidation sites excluding steroid dienone is 6. The van der Waals surface area contributed by atoms with Crippen molar-refractivity contribution in [3.8, 4) is 11.5 Å². The highest BCUT2D eigenvalue weighted by molar-refractivity contribution is 5.86. The molecule has 3 rings (SSSR count). The Hall–Kier alpha value is -3.63. The van der Waals surface area contributed by atoms with E-state index in [0.29, 0.717) is 87.0 Å². The predicted octanol–water partition coefficient (Wildman–Crippen LogP) is 8.36. The van der Waals surface area contributed by atoms with Gasteiger partial charge in [-0.1, -0.05) is 82.9 Å². The van der Waals surface area contributed by atoms with E-state index in [1.165, 1.54) is 11.1 Å². The quantitative estimate of drug-likeness (QED) is 0.0558. The zero-order chi connectivity index (χ0) is 35.2. The number of aryl methyl sites for hydroxylation is 1. The molecule has 0 spiro atoms. The number of nitrogens with one attached hydrogen (secondary N) is 1. The maximum absolute atomic E-state index is 13.8. The Morgan fingerprint density at radius 2 is 1.77 bits per heavy atom. The first-order valence-corrected chi connectivity index (χ1v) is 17.2. The third-order valence-corrected chi connectivity index (χ3v) is 8.85. The minimum atomic E-state index is -4.81. The number of phenols is 1. The number of benzene rings is 1. The fraction of sp³-hybridized carbons (Fsp3) is 0.526. The van der Waals surface area contributed by atoms with Crippen LogP contribution in [0.3, 0.4) is 0 Å². The summed E-state index contributed by atoms with van der Waals surface area (Å²) in [5.41, 5.74) is 0.357. The van der Waals surface area contributed by atoms with Gasteiger partial charge in [0.05, 0.1) is 18.7 Å². The first kappa shape index (κ1) is 38.8. The number of amides is 1. The summed E-state index contributed by atoms with van der Waals surface area (Å²) >= 11 is 0. The second-order valence-electron chi connectivity index (χ2n) is 12.6. The minimum Gasteiger partial charge on any atom is -0.507 e. The number of carbonyl (C=O) groups is 2. The number of halogens is 3. The number of rotatable bonds is 20. The first-order chi connectivity index (χ1) is 23.0. The van der Waals surface area contributed by atoms with E-state index in [1.807, 2.05) is 26.0 Å². The summed E-state index contributed by atoms with van der Waals surface area (Å²) in [5, 5.41) is 26.3. The van der Waals surface area contributed by atoms with Gasteiger partial charge in [-0.2, -0.15) is 18.2 Å². The third-order valence-electron chi connectivity index (χ3n) is 8.85. The van der Waals surface area contributed by atoms with E-state index in [-0.39, 0.29) is 12.8 Å². The van der Waals surface area contributed by atoms with Crippen LogP contribution in [-0.4, -0.2) is 59.5 Å². The van der Waals surface area contributed by atoms with E-state index in [0.717, 1.165) is 43.3 Å². The SMILES string of the molecule is CCCc1cc(/C(=C\C=O)C(F)(F)F)c(O)c(CCC)c1OCCCCCCN(O)CC(NC=O)(C1=CCCC=C1)C1=CCC(C)C=C1. The highest BCUT2D eigenvalue weighted by Crippen LogP contribution is 2.44. The van der Waals surface area contributed by atoms with Crippen molar-refractivity contribution >= 4 is 18.3 Å². The van der Waals surface area contributed by atoms with E-state index in [1.54, 1.807) is 0 Å². The summed E-state index contributed by atoms with van der Waals surface area (Å²) in [6, 6.07) is 1.30. The van der Waals surface area contributed by atoms with Gasteiger partial charge in [-0.25, -0.2) is 0 Å². The van der Waals surface area contributed by atoms with Gasteiger partial charge in [-0.15, -0.1) is 0 Å². The van der Waals surface area contributed by atoms with Gasteiger partial charge in [0.15, 0.2) is 0 Å². The second kappa shape index (κ2) is 18.8. The Morgan fingerprint density at radius 1 is 1.04 bits per heavy atom. The van der Waals surface area contributed by atoms with Crippen LogP contribution in [0, 0.1) is 5.92 Å². The Bertz CT molecular complexity index is 1400. The van der Waals surface area contributed by atoms with E-state index < -0.39 is 28.6 Å². The average molecular weight is 673 g/mol. The highest BCUT2D eigenvalue weighted by Gasteiger charge is 2.39. The summed E-state index contributed by atoms with van der Waals surface area (Å²) in [6.45, 7) is 6.84. The smallest absolute Gasteiger partial charge is 0.417 e. The molecule has 264 valence electrons. The van der Waals surface area contributed by atoms with Crippen LogP contribution in [0.25, 0.3) is 5.57 Å². The fourth-order valence-electron chi connectivity index (χ4n) is 6.41. The molecule has 0 fully saturated rings. The largest absolute Gasteiger partial charge is 0.507 e. The molecule has 3 N–H and O–H groups in total. The third kappa shape index (κ3) is 10.2. The number of hydrogen-bond acceptors (Lipinski definition) is 6. The maximum Gasteiger partial charge on any atom is 0.417 e. The van der Waals surface area contributed by atoms with Crippen molar-refractivity contribution in [2.45, 2.75) is 103 Å². The number of aromatic hydroxyl groups is 1. The Labute approximate surface area is 282 Å². The molecular weight excluding hydrogens is 621 g/mol. The summed E-state index contributed by atoms with van der Waals surface area (Å²) in [5.74, 6) is 0.315. The van der Waals surface area contributed by atoms with Crippen molar-refractivity contribution in [2.24, 2.45) is 5.92 Å². The van der Waals surface area contributed by atoms with E-state index >= 15 is 0 Å². The number of alkyl halides is 3. The molecule has 1 aromatic rings. The Kier molecular flexibility index (Phi) is 15.2. The second-order valence-corrected chi connectivity index (χ2v) is 12.6. The molecule has 2 unspecified atom stereocenters. The van der Waals surface area contributed by atoms with Gasteiger partial charge in [0, 0.05) is 17.7 Å². The van der Waals surface area contributed by atoms with E-state index in [4.69, 9.17) is 4.74 Å². The lowest BCUT2D eigenvalue weighted by Gasteiger charge is -2.40. The molecule has 0 saturated heterocycles. The van der Waals surface area contributed by atoms with Gasteiger partial charge >= 0.3 is 6.18 Å². The topological polar surface area (TPSA) is 99.1 Å². The van der Waals surface area contributed by atoms with Crippen molar-refractivity contribution in [1.29, 1.82) is 0 Å². The van der Waals surface area contributed by atoms with Gasteiger partial charge in [-0.3, -0.25) is 9.59 Å². The van der Waals surface area contributed by atoms with Crippen LogP contribution in [0.15, 0.2) is 59.7 Å². The van der Waals surface area contributed by atoms with Crippen molar-refractivity contribution in [3.05, 3.63) is 76.4 Å². The summed E-state index contributed by atoms with van der Waals surface area (Å²) in [4.78, 5) is 22.9. The molecular formula is C38H51F3N2O5. The molecule has 2 aliphatic carbocycles. The lowest BCUT2D eigenvalue weighted by Crippen LogP contribution is -2.55.